The number of carboxylic acids is 1. The lowest BCUT2D eigenvalue weighted by molar-refractivity contribution is -0.137. The van der Waals surface area contributed by atoms with Gasteiger partial charge in [0.05, 0.1) is 30.0 Å². The molecule has 7 heteroatoms. The highest BCUT2D eigenvalue weighted by Crippen LogP contribution is 2.33. The van der Waals surface area contributed by atoms with Crippen LogP contribution in [0, 0.1) is 0 Å². The van der Waals surface area contributed by atoms with Crippen LogP contribution >= 0.6 is 0 Å². The maximum atomic E-state index is 12.7. The Kier molecular flexibility index (Phi) is 3.89. The Hall–Kier alpha value is -1.76. The molecule has 110 valence electrons. The minimum absolute atomic E-state index is 0.0846. The number of morpholine rings is 1. The Bertz CT molecular complexity index is 516. The molecule has 0 aliphatic carbocycles. The quantitative estimate of drug-likeness (QED) is 0.909. The highest BCUT2D eigenvalue weighted by Gasteiger charge is 2.33. The number of hydrogen-bond donors (Lipinski definition) is 1. The number of hydrogen-bond acceptors (Lipinski definition) is 3. The molecule has 1 aromatic rings. The number of aromatic carboxylic acids is 1. The summed E-state index contributed by atoms with van der Waals surface area (Å²) in [6, 6.07) is 2.72. The van der Waals surface area contributed by atoms with Gasteiger partial charge < -0.3 is 14.7 Å². The molecule has 1 unspecified atom stereocenters. The van der Waals surface area contributed by atoms with Crippen molar-refractivity contribution in [2.45, 2.75) is 19.1 Å². The number of rotatable bonds is 2. The van der Waals surface area contributed by atoms with Crippen molar-refractivity contribution in [1.82, 2.24) is 0 Å². The molecule has 1 saturated heterocycles. The van der Waals surface area contributed by atoms with Crippen molar-refractivity contribution in [2.24, 2.45) is 0 Å². The second-order valence-corrected chi connectivity index (χ2v) is 4.65. The highest BCUT2D eigenvalue weighted by molar-refractivity contribution is 5.95. The first-order valence-corrected chi connectivity index (χ1v) is 6.09. The summed E-state index contributed by atoms with van der Waals surface area (Å²) < 4.78 is 43.2. The van der Waals surface area contributed by atoms with Crippen molar-refractivity contribution in [3.63, 3.8) is 0 Å². The first kappa shape index (κ1) is 14.6. The molecule has 1 fully saturated rings. The van der Waals surface area contributed by atoms with E-state index in [2.05, 4.69) is 0 Å². The normalized spacial score (nSPS) is 20.0. The number of carbonyl (C=O) groups is 1. The van der Waals surface area contributed by atoms with Gasteiger partial charge in [0.15, 0.2) is 0 Å². The second kappa shape index (κ2) is 5.32. The first-order valence-electron chi connectivity index (χ1n) is 6.09. The zero-order valence-electron chi connectivity index (χ0n) is 10.8. The molecule has 0 radical (unpaired) electrons. The van der Waals surface area contributed by atoms with E-state index in [4.69, 9.17) is 9.84 Å². The molecule has 1 aliphatic rings. The van der Waals surface area contributed by atoms with E-state index < -0.39 is 17.7 Å². The predicted molar refractivity (Wildman–Crippen MR) is 66.0 cm³/mol. The van der Waals surface area contributed by atoms with Crippen molar-refractivity contribution < 1.29 is 27.8 Å². The van der Waals surface area contributed by atoms with Crippen LogP contribution in [0.4, 0.5) is 18.9 Å². The summed E-state index contributed by atoms with van der Waals surface area (Å²) >= 11 is 0. The van der Waals surface area contributed by atoms with Crippen LogP contribution < -0.4 is 4.90 Å². The molecule has 0 bridgehead atoms. The van der Waals surface area contributed by atoms with E-state index >= 15 is 0 Å². The van der Waals surface area contributed by atoms with E-state index in [-0.39, 0.29) is 11.6 Å². The number of nitrogens with zero attached hydrogens (tertiary/aromatic N) is 1. The molecule has 0 amide bonds. The first-order chi connectivity index (χ1) is 9.30. The Morgan fingerprint density at radius 3 is 2.70 bits per heavy atom. The zero-order valence-corrected chi connectivity index (χ0v) is 10.8. The van der Waals surface area contributed by atoms with E-state index in [0.29, 0.717) is 31.5 Å². The maximum Gasteiger partial charge on any atom is 0.416 e. The molecule has 0 aromatic heterocycles. The topological polar surface area (TPSA) is 49.8 Å². The summed E-state index contributed by atoms with van der Waals surface area (Å²) in [7, 11) is 0. The van der Waals surface area contributed by atoms with Gasteiger partial charge in [-0.05, 0) is 25.1 Å². The minimum atomic E-state index is -4.56. The van der Waals surface area contributed by atoms with Gasteiger partial charge in [-0.3, -0.25) is 0 Å². The van der Waals surface area contributed by atoms with E-state index in [0.717, 1.165) is 6.07 Å². The van der Waals surface area contributed by atoms with Crippen molar-refractivity contribution in [3.05, 3.63) is 29.3 Å². The molecule has 0 saturated carbocycles. The summed E-state index contributed by atoms with van der Waals surface area (Å²) in [5.41, 5.74) is -1.01. The van der Waals surface area contributed by atoms with Crippen LogP contribution in [0.5, 0.6) is 0 Å². The van der Waals surface area contributed by atoms with E-state index in [1.165, 1.54) is 6.07 Å². The highest BCUT2D eigenvalue weighted by atomic mass is 19.4. The SMILES string of the molecule is CC1COCCN1c1ccc(C(F)(F)F)cc1C(=O)O. The largest absolute Gasteiger partial charge is 0.478 e. The van der Waals surface area contributed by atoms with E-state index in [1.807, 2.05) is 6.92 Å². The second-order valence-electron chi connectivity index (χ2n) is 4.65. The van der Waals surface area contributed by atoms with Gasteiger partial charge >= 0.3 is 12.1 Å². The third-order valence-corrected chi connectivity index (χ3v) is 3.23. The standard InChI is InChI=1S/C13H14F3NO3/c1-8-7-20-5-4-17(8)11-3-2-9(13(14,15)16)6-10(11)12(18)19/h2-3,6,8H,4-5,7H2,1H3,(H,18,19). The summed E-state index contributed by atoms with van der Waals surface area (Å²) in [6.07, 6.45) is -4.56. The van der Waals surface area contributed by atoms with Crippen LogP contribution in [0.15, 0.2) is 18.2 Å². The number of anilines is 1. The number of ether oxygens (including phenoxy) is 1. The lowest BCUT2D eigenvalue weighted by Gasteiger charge is -2.36. The summed E-state index contributed by atoms with van der Waals surface area (Å²) in [6.45, 7) is 3.12. The minimum Gasteiger partial charge on any atom is -0.478 e. The smallest absolute Gasteiger partial charge is 0.416 e. The van der Waals surface area contributed by atoms with Gasteiger partial charge in [-0.25, -0.2) is 4.79 Å². The van der Waals surface area contributed by atoms with Crippen LogP contribution in [0.1, 0.15) is 22.8 Å². The van der Waals surface area contributed by atoms with Crippen LogP contribution in [-0.2, 0) is 10.9 Å². The zero-order chi connectivity index (χ0) is 14.9. The van der Waals surface area contributed by atoms with Crippen molar-refractivity contribution in [1.29, 1.82) is 0 Å². The van der Waals surface area contributed by atoms with Crippen LogP contribution in [-0.4, -0.2) is 36.9 Å². The maximum absolute atomic E-state index is 12.7. The fourth-order valence-corrected chi connectivity index (χ4v) is 2.22. The van der Waals surface area contributed by atoms with Gasteiger partial charge in [0.1, 0.15) is 0 Å². The predicted octanol–water partition coefficient (Wildman–Crippen LogP) is 2.63. The molecule has 1 atom stereocenters. The third-order valence-electron chi connectivity index (χ3n) is 3.23. The van der Waals surface area contributed by atoms with Crippen LogP contribution in [0.2, 0.25) is 0 Å². The van der Waals surface area contributed by atoms with Gasteiger partial charge in [0.2, 0.25) is 0 Å². The molecule has 2 rings (SSSR count). The molecule has 1 aromatic carbocycles. The Balaban J connectivity index is 2.45. The van der Waals surface area contributed by atoms with E-state index in [9.17, 15) is 18.0 Å². The molecule has 20 heavy (non-hydrogen) atoms. The molecule has 0 spiro atoms. The van der Waals surface area contributed by atoms with Gasteiger partial charge in [0.25, 0.3) is 0 Å². The summed E-state index contributed by atoms with van der Waals surface area (Å²) in [5, 5.41) is 9.15. The van der Waals surface area contributed by atoms with Gasteiger partial charge in [-0.2, -0.15) is 13.2 Å². The Morgan fingerprint density at radius 2 is 2.15 bits per heavy atom. The number of halogens is 3. The summed E-state index contributed by atoms with van der Waals surface area (Å²) in [4.78, 5) is 13.0. The van der Waals surface area contributed by atoms with Gasteiger partial charge in [0, 0.05) is 12.6 Å². The van der Waals surface area contributed by atoms with Crippen LogP contribution in [0.25, 0.3) is 0 Å². The monoisotopic (exact) mass is 289 g/mol. The molecule has 1 N–H and O–H groups in total. The molecule has 4 nitrogen and oxygen atoms in total. The Morgan fingerprint density at radius 1 is 1.45 bits per heavy atom. The van der Waals surface area contributed by atoms with Gasteiger partial charge in [-0.1, -0.05) is 0 Å². The van der Waals surface area contributed by atoms with Gasteiger partial charge in [-0.15, -0.1) is 0 Å². The van der Waals surface area contributed by atoms with Crippen molar-refractivity contribution in [3.8, 4) is 0 Å². The van der Waals surface area contributed by atoms with Crippen molar-refractivity contribution in [2.75, 3.05) is 24.7 Å². The Labute approximate surface area is 113 Å². The molecule has 1 heterocycles. The molecule has 1 aliphatic heterocycles. The number of benzene rings is 1. The molecular weight excluding hydrogens is 275 g/mol. The fraction of sp³-hybridized carbons (Fsp3) is 0.462. The fourth-order valence-electron chi connectivity index (χ4n) is 2.22. The summed E-state index contributed by atoms with van der Waals surface area (Å²) in [5.74, 6) is -1.37. The number of carboxylic acid groups (broad SMARTS) is 1. The van der Waals surface area contributed by atoms with Crippen LogP contribution in [0.3, 0.4) is 0 Å². The number of alkyl halides is 3. The molecular formula is C13H14F3NO3. The lowest BCUT2D eigenvalue weighted by Crippen LogP contribution is -2.44. The van der Waals surface area contributed by atoms with Crippen molar-refractivity contribution >= 4 is 11.7 Å². The average molecular weight is 289 g/mol. The average Bonchev–Trinajstić information content (AvgIpc) is 2.37. The lowest BCUT2D eigenvalue weighted by atomic mass is 10.1. The third kappa shape index (κ3) is 2.87. The van der Waals surface area contributed by atoms with E-state index in [1.54, 1.807) is 4.90 Å².